The number of piperidine rings is 1. The minimum Gasteiger partial charge on any atom is -0.481 e. The topological polar surface area (TPSA) is 60.2 Å². The van der Waals surface area contributed by atoms with Crippen LogP contribution in [0.25, 0.3) is 11.3 Å². The fourth-order valence-corrected chi connectivity index (χ4v) is 3.77. The van der Waals surface area contributed by atoms with Crippen molar-refractivity contribution in [1.82, 2.24) is 19.4 Å². The van der Waals surface area contributed by atoms with Crippen molar-refractivity contribution >= 4 is 5.91 Å². The number of methoxy groups -OCH3 is 1. The summed E-state index contributed by atoms with van der Waals surface area (Å²) in [7, 11) is 1.60. The molecule has 1 atom stereocenters. The molecule has 0 saturated carbocycles. The van der Waals surface area contributed by atoms with Crippen LogP contribution in [0.3, 0.4) is 0 Å². The molecule has 1 aliphatic heterocycles. The number of carbonyl (C=O) groups excluding carboxylic acids is 1. The second-order valence-corrected chi connectivity index (χ2v) is 7.16. The maximum atomic E-state index is 13.1. The van der Waals surface area contributed by atoms with Gasteiger partial charge in [0.1, 0.15) is 0 Å². The summed E-state index contributed by atoms with van der Waals surface area (Å²) in [6.07, 6.45) is 7.78. The zero-order valence-corrected chi connectivity index (χ0v) is 16.0. The maximum absolute atomic E-state index is 13.1. The van der Waals surface area contributed by atoms with Crippen molar-refractivity contribution in [3.8, 4) is 17.1 Å². The number of carbonyl (C=O) groups is 1. The average Bonchev–Trinajstić information content (AvgIpc) is 3.26. The second-order valence-electron chi connectivity index (χ2n) is 7.16. The fraction of sp³-hybridized carbons (Fsp3) is 0.318. The third-order valence-electron chi connectivity index (χ3n) is 5.17. The minimum absolute atomic E-state index is 0.0834. The number of likely N-dealkylation sites (tertiary alicyclic amines) is 1. The van der Waals surface area contributed by atoms with Gasteiger partial charge in [0.2, 0.25) is 5.88 Å². The van der Waals surface area contributed by atoms with Gasteiger partial charge in [-0.15, -0.1) is 0 Å². The van der Waals surface area contributed by atoms with E-state index in [2.05, 4.69) is 14.5 Å². The van der Waals surface area contributed by atoms with E-state index >= 15 is 0 Å². The van der Waals surface area contributed by atoms with Crippen molar-refractivity contribution in [3.05, 3.63) is 66.7 Å². The highest BCUT2D eigenvalue weighted by molar-refractivity contribution is 5.95. The summed E-state index contributed by atoms with van der Waals surface area (Å²) >= 11 is 0. The summed E-state index contributed by atoms with van der Waals surface area (Å²) < 4.78 is 7.30. The molecule has 0 unspecified atom stereocenters. The van der Waals surface area contributed by atoms with Crippen LogP contribution in [0.5, 0.6) is 5.88 Å². The van der Waals surface area contributed by atoms with E-state index in [4.69, 9.17) is 4.74 Å². The molecule has 4 rings (SSSR count). The quantitative estimate of drug-likeness (QED) is 0.684. The molecule has 1 aromatic carbocycles. The normalized spacial score (nSPS) is 16.8. The molecule has 1 saturated heterocycles. The number of benzene rings is 1. The summed E-state index contributed by atoms with van der Waals surface area (Å²) in [5, 5.41) is 0. The summed E-state index contributed by atoms with van der Waals surface area (Å²) in [4.78, 5) is 23.7. The van der Waals surface area contributed by atoms with Crippen LogP contribution < -0.4 is 4.74 Å². The predicted octanol–water partition coefficient (Wildman–Crippen LogP) is 3.51. The number of nitrogens with zero attached hydrogens (tertiary/aromatic N) is 4. The summed E-state index contributed by atoms with van der Waals surface area (Å²) in [6, 6.07) is 13.3. The number of imidazole rings is 1. The molecule has 0 radical (unpaired) electrons. The molecular formula is C22H24N4O2. The Balaban J connectivity index is 1.49. The van der Waals surface area contributed by atoms with Gasteiger partial charge in [0.05, 0.1) is 19.1 Å². The molecule has 1 aliphatic rings. The highest BCUT2D eigenvalue weighted by atomic mass is 16.5. The Hall–Kier alpha value is -3.15. The Bertz CT molecular complexity index is 939. The lowest BCUT2D eigenvalue weighted by Gasteiger charge is -2.33. The predicted molar refractivity (Wildman–Crippen MR) is 107 cm³/mol. The van der Waals surface area contributed by atoms with Crippen molar-refractivity contribution in [3.63, 3.8) is 0 Å². The van der Waals surface area contributed by atoms with Gasteiger partial charge < -0.3 is 14.2 Å². The largest absolute Gasteiger partial charge is 0.481 e. The zero-order valence-electron chi connectivity index (χ0n) is 16.0. The van der Waals surface area contributed by atoms with Crippen molar-refractivity contribution in [1.29, 1.82) is 0 Å². The van der Waals surface area contributed by atoms with Gasteiger partial charge in [-0.3, -0.25) is 4.79 Å². The lowest BCUT2D eigenvalue weighted by molar-refractivity contribution is 0.0662. The van der Waals surface area contributed by atoms with Crippen LogP contribution in [0.4, 0.5) is 0 Å². The van der Waals surface area contributed by atoms with Gasteiger partial charge in [0.25, 0.3) is 5.91 Å². The highest BCUT2D eigenvalue weighted by Crippen LogP contribution is 2.24. The Morgan fingerprint density at radius 3 is 2.96 bits per heavy atom. The first-order valence-electron chi connectivity index (χ1n) is 9.59. The van der Waals surface area contributed by atoms with E-state index in [1.54, 1.807) is 13.3 Å². The van der Waals surface area contributed by atoms with Crippen LogP contribution in [0.15, 0.2) is 61.2 Å². The first-order chi connectivity index (χ1) is 13.7. The lowest BCUT2D eigenvalue weighted by Crippen LogP contribution is -2.41. The molecule has 1 amide bonds. The molecule has 0 spiro atoms. The number of aromatic nitrogens is 3. The van der Waals surface area contributed by atoms with Gasteiger partial charge in [0, 0.05) is 49.2 Å². The van der Waals surface area contributed by atoms with Crippen LogP contribution >= 0.6 is 0 Å². The summed E-state index contributed by atoms with van der Waals surface area (Å²) in [5.74, 6) is 1.10. The Labute approximate surface area is 164 Å². The molecule has 3 heterocycles. The third-order valence-corrected chi connectivity index (χ3v) is 5.17. The maximum Gasteiger partial charge on any atom is 0.253 e. The SMILES string of the molecule is COc1cccc(-c2cccc(C(=O)N3CCC[C@H](Cn4ccnc4)C3)c2)n1. The van der Waals surface area contributed by atoms with Crippen LogP contribution in [-0.4, -0.2) is 45.5 Å². The van der Waals surface area contributed by atoms with E-state index in [-0.39, 0.29) is 5.91 Å². The Morgan fingerprint density at radius 1 is 1.25 bits per heavy atom. The van der Waals surface area contributed by atoms with E-state index in [1.165, 1.54) is 0 Å². The number of hydrogen-bond acceptors (Lipinski definition) is 4. The van der Waals surface area contributed by atoms with Crippen LogP contribution in [-0.2, 0) is 6.54 Å². The number of hydrogen-bond donors (Lipinski definition) is 0. The molecule has 0 bridgehead atoms. The van der Waals surface area contributed by atoms with E-state index < -0.39 is 0 Å². The Kier molecular flexibility index (Phi) is 5.37. The smallest absolute Gasteiger partial charge is 0.253 e. The van der Waals surface area contributed by atoms with Gasteiger partial charge in [-0.1, -0.05) is 18.2 Å². The molecule has 0 N–H and O–H groups in total. The van der Waals surface area contributed by atoms with Crippen LogP contribution in [0.1, 0.15) is 23.2 Å². The molecule has 6 heteroatoms. The fourth-order valence-electron chi connectivity index (χ4n) is 3.77. The number of amides is 1. The molecule has 28 heavy (non-hydrogen) atoms. The van der Waals surface area contributed by atoms with Crippen LogP contribution in [0.2, 0.25) is 0 Å². The summed E-state index contributed by atoms with van der Waals surface area (Å²) in [5.41, 5.74) is 2.41. The van der Waals surface area contributed by atoms with Crippen molar-refractivity contribution in [2.24, 2.45) is 5.92 Å². The molecule has 1 fully saturated rings. The van der Waals surface area contributed by atoms with Crippen molar-refractivity contribution < 1.29 is 9.53 Å². The molecular weight excluding hydrogens is 352 g/mol. The van der Waals surface area contributed by atoms with Crippen LogP contribution in [0, 0.1) is 5.92 Å². The standard InChI is InChI=1S/C22H24N4O2/c1-28-21-9-3-8-20(24-21)18-6-2-7-19(13-18)22(27)26-11-4-5-17(15-26)14-25-12-10-23-16-25/h2-3,6-10,12-13,16-17H,4-5,11,14-15H2,1H3/t17-/m1/s1. The third kappa shape index (κ3) is 4.06. The average molecular weight is 376 g/mol. The molecule has 0 aliphatic carbocycles. The number of ether oxygens (including phenoxy) is 1. The number of rotatable bonds is 5. The van der Waals surface area contributed by atoms with Gasteiger partial charge in [-0.2, -0.15) is 0 Å². The first-order valence-corrected chi connectivity index (χ1v) is 9.59. The lowest BCUT2D eigenvalue weighted by atomic mass is 9.97. The van der Waals surface area contributed by atoms with Gasteiger partial charge in [-0.25, -0.2) is 9.97 Å². The second kappa shape index (κ2) is 8.25. The summed E-state index contributed by atoms with van der Waals surface area (Å²) in [6.45, 7) is 2.48. The van der Waals surface area contributed by atoms with Gasteiger partial charge in [0.15, 0.2) is 0 Å². The van der Waals surface area contributed by atoms with Gasteiger partial charge in [-0.05, 0) is 37.0 Å². The molecule has 3 aromatic rings. The first kappa shape index (κ1) is 18.2. The Morgan fingerprint density at radius 2 is 2.14 bits per heavy atom. The molecule has 6 nitrogen and oxygen atoms in total. The van der Waals surface area contributed by atoms with Crippen molar-refractivity contribution in [2.75, 3.05) is 20.2 Å². The van der Waals surface area contributed by atoms with E-state index in [9.17, 15) is 4.79 Å². The highest BCUT2D eigenvalue weighted by Gasteiger charge is 2.25. The van der Waals surface area contributed by atoms with E-state index in [0.717, 1.165) is 43.7 Å². The zero-order chi connectivity index (χ0) is 19.3. The monoisotopic (exact) mass is 376 g/mol. The van der Waals surface area contributed by atoms with Gasteiger partial charge >= 0.3 is 0 Å². The van der Waals surface area contributed by atoms with E-state index in [0.29, 0.717) is 17.4 Å². The molecule has 2 aromatic heterocycles. The van der Waals surface area contributed by atoms with Crippen molar-refractivity contribution in [2.45, 2.75) is 19.4 Å². The minimum atomic E-state index is 0.0834. The molecule has 144 valence electrons. The van der Waals surface area contributed by atoms with E-state index in [1.807, 2.05) is 59.9 Å². The number of pyridine rings is 1.